The van der Waals surface area contributed by atoms with Crippen molar-refractivity contribution in [3.8, 4) is 0 Å². The topological polar surface area (TPSA) is 89.8 Å². The van der Waals surface area contributed by atoms with Crippen LogP contribution in [0.5, 0.6) is 0 Å². The highest BCUT2D eigenvalue weighted by molar-refractivity contribution is 5.58. The molecule has 0 spiro atoms. The summed E-state index contributed by atoms with van der Waals surface area (Å²) in [7, 11) is 0. The van der Waals surface area contributed by atoms with Crippen molar-refractivity contribution in [3.05, 3.63) is 6.20 Å². The Morgan fingerprint density at radius 2 is 1.93 bits per heavy atom. The highest BCUT2D eigenvalue weighted by atomic mass is 15.1. The first-order valence-corrected chi connectivity index (χ1v) is 5.40. The second-order valence-corrected chi connectivity index (χ2v) is 4.01. The van der Waals surface area contributed by atoms with Gasteiger partial charge in [-0.15, -0.1) is 0 Å². The zero-order chi connectivity index (χ0) is 10.7. The van der Waals surface area contributed by atoms with Gasteiger partial charge in [-0.2, -0.15) is 4.98 Å². The average Bonchev–Trinajstić information content (AvgIpc) is 2.25. The van der Waals surface area contributed by atoms with Crippen LogP contribution >= 0.6 is 0 Å². The summed E-state index contributed by atoms with van der Waals surface area (Å²) < 4.78 is 0. The van der Waals surface area contributed by atoms with Crippen LogP contribution in [0.25, 0.3) is 0 Å². The number of nitrogens with one attached hydrogen (secondary N) is 1. The monoisotopic (exact) mass is 207 g/mol. The van der Waals surface area contributed by atoms with E-state index < -0.39 is 0 Å². The summed E-state index contributed by atoms with van der Waals surface area (Å²) in [5.41, 5.74) is 11.6. The molecular weight excluding hydrogens is 190 g/mol. The molecule has 5 nitrogen and oxygen atoms in total. The predicted octanol–water partition coefficient (Wildman–Crippen LogP) is 1.39. The molecular formula is C10H17N5. The lowest BCUT2D eigenvalue weighted by molar-refractivity contribution is 0.461. The molecule has 1 aromatic heterocycles. The smallest absolute Gasteiger partial charge is 0.224 e. The van der Waals surface area contributed by atoms with Crippen molar-refractivity contribution in [1.29, 1.82) is 0 Å². The van der Waals surface area contributed by atoms with E-state index in [1.165, 1.54) is 32.1 Å². The van der Waals surface area contributed by atoms with Crippen molar-refractivity contribution in [2.75, 3.05) is 16.8 Å². The van der Waals surface area contributed by atoms with Gasteiger partial charge in [0.1, 0.15) is 0 Å². The van der Waals surface area contributed by atoms with Crippen molar-refractivity contribution in [2.45, 2.75) is 38.1 Å². The van der Waals surface area contributed by atoms with Crippen LogP contribution in [-0.2, 0) is 0 Å². The molecule has 0 saturated heterocycles. The van der Waals surface area contributed by atoms with Gasteiger partial charge in [0.2, 0.25) is 5.95 Å². The number of nitrogen functional groups attached to an aromatic ring is 2. The molecule has 1 fully saturated rings. The Balaban J connectivity index is 2.00. The van der Waals surface area contributed by atoms with Crippen LogP contribution in [0.1, 0.15) is 32.1 Å². The van der Waals surface area contributed by atoms with Crippen molar-refractivity contribution >= 4 is 17.5 Å². The molecule has 1 saturated carbocycles. The Morgan fingerprint density at radius 1 is 1.20 bits per heavy atom. The standard InChI is InChI=1S/C10H17N5/c11-8-6-13-10(15-9(8)12)14-7-4-2-1-3-5-7/h6-7H,1-5,11H2,(H3,12,13,14,15). The van der Waals surface area contributed by atoms with E-state index in [2.05, 4.69) is 15.3 Å². The third-order valence-corrected chi connectivity index (χ3v) is 2.79. The number of nitrogens with two attached hydrogens (primary N) is 2. The van der Waals surface area contributed by atoms with Gasteiger partial charge in [0.15, 0.2) is 5.82 Å². The van der Waals surface area contributed by atoms with E-state index in [1.54, 1.807) is 6.20 Å². The molecule has 0 aromatic carbocycles. The number of aromatic nitrogens is 2. The van der Waals surface area contributed by atoms with Gasteiger partial charge in [-0.05, 0) is 12.8 Å². The van der Waals surface area contributed by atoms with Gasteiger partial charge in [0.25, 0.3) is 0 Å². The summed E-state index contributed by atoms with van der Waals surface area (Å²) in [6.45, 7) is 0. The highest BCUT2D eigenvalue weighted by Gasteiger charge is 2.14. The molecule has 0 radical (unpaired) electrons. The van der Waals surface area contributed by atoms with Crippen LogP contribution < -0.4 is 16.8 Å². The Kier molecular flexibility index (Phi) is 2.89. The second-order valence-electron chi connectivity index (χ2n) is 4.01. The summed E-state index contributed by atoms with van der Waals surface area (Å²) in [5, 5.41) is 3.29. The third kappa shape index (κ3) is 2.49. The van der Waals surface area contributed by atoms with E-state index in [0.29, 0.717) is 23.5 Å². The van der Waals surface area contributed by atoms with E-state index in [-0.39, 0.29) is 0 Å². The van der Waals surface area contributed by atoms with Crippen molar-refractivity contribution in [2.24, 2.45) is 0 Å². The first kappa shape index (κ1) is 10.0. The lowest BCUT2D eigenvalue weighted by atomic mass is 9.96. The molecule has 0 unspecified atom stereocenters. The number of hydrogen-bond acceptors (Lipinski definition) is 5. The predicted molar refractivity (Wildman–Crippen MR) is 61.4 cm³/mol. The van der Waals surface area contributed by atoms with Crippen molar-refractivity contribution in [1.82, 2.24) is 9.97 Å². The molecule has 1 heterocycles. The van der Waals surface area contributed by atoms with Crippen LogP contribution in [-0.4, -0.2) is 16.0 Å². The van der Waals surface area contributed by atoms with Crippen molar-refractivity contribution in [3.63, 3.8) is 0 Å². The molecule has 0 bridgehead atoms. The van der Waals surface area contributed by atoms with E-state index >= 15 is 0 Å². The number of anilines is 3. The zero-order valence-electron chi connectivity index (χ0n) is 8.74. The lowest BCUT2D eigenvalue weighted by Gasteiger charge is -2.22. The summed E-state index contributed by atoms with van der Waals surface area (Å²) >= 11 is 0. The first-order chi connectivity index (χ1) is 7.25. The molecule has 5 N–H and O–H groups in total. The van der Waals surface area contributed by atoms with Gasteiger partial charge in [-0.1, -0.05) is 19.3 Å². The minimum atomic E-state index is 0.350. The van der Waals surface area contributed by atoms with Crippen LogP contribution in [0.4, 0.5) is 17.5 Å². The number of nitrogens with zero attached hydrogens (tertiary/aromatic N) is 2. The minimum absolute atomic E-state index is 0.350. The fraction of sp³-hybridized carbons (Fsp3) is 0.600. The normalized spacial score (nSPS) is 17.6. The van der Waals surface area contributed by atoms with Crippen LogP contribution in [0.3, 0.4) is 0 Å². The molecule has 82 valence electrons. The molecule has 0 atom stereocenters. The Morgan fingerprint density at radius 3 is 2.60 bits per heavy atom. The Bertz CT molecular complexity index is 333. The summed E-state index contributed by atoms with van der Waals surface area (Å²) in [5.74, 6) is 0.942. The average molecular weight is 207 g/mol. The Hall–Kier alpha value is -1.52. The molecule has 2 rings (SSSR count). The largest absolute Gasteiger partial charge is 0.394 e. The molecule has 1 aliphatic rings. The van der Waals surface area contributed by atoms with Gasteiger partial charge in [-0.25, -0.2) is 4.98 Å². The van der Waals surface area contributed by atoms with E-state index in [9.17, 15) is 0 Å². The maximum atomic E-state index is 5.61. The van der Waals surface area contributed by atoms with Crippen molar-refractivity contribution < 1.29 is 0 Å². The van der Waals surface area contributed by atoms with Crippen LogP contribution in [0.2, 0.25) is 0 Å². The lowest BCUT2D eigenvalue weighted by Crippen LogP contribution is -2.23. The van der Waals surface area contributed by atoms with Gasteiger partial charge in [-0.3, -0.25) is 0 Å². The fourth-order valence-electron chi connectivity index (χ4n) is 1.90. The summed E-state index contributed by atoms with van der Waals surface area (Å²) in [6, 6.07) is 0.488. The van der Waals surface area contributed by atoms with Gasteiger partial charge in [0, 0.05) is 6.04 Å². The molecule has 1 aliphatic carbocycles. The highest BCUT2D eigenvalue weighted by Crippen LogP contribution is 2.21. The van der Waals surface area contributed by atoms with E-state index in [1.807, 2.05) is 0 Å². The zero-order valence-corrected chi connectivity index (χ0v) is 8.74. The maximum Gasteiger partial charge on any atom is 0.224 e. The van der Waals surface area contributed by atoms with Crippen LogP contribution in [0.15, 0.2) is 6.20 Å². The number of rotatable bonds is 2. The molecule has 15 heavy (non-hydrogen) atoms. The molecule has 0 amide bonds. The van der Waals surface area contributed by atoms with E-state index in [4.69, 9.17) is 11.5 Å². The summed E-state index contributed by atoms with van der Waals surface area (Å²) in [4.78, 5) is 8.20. The van der Waals surface area contributed by atoms with Gasteiger partial charge < -0.3 is 16.8 Å². The van der Waals surface area contributed by atoms with Gasteiger partial charge >= 0.3 is 0 Å². The Labute approximate surface area is 89.3 Å². The summed E-state index contributed by atoms with van der Waals surface area (Å²) in [6.07, 6.45) is 7.82. The third-order valence-electron chi connectivity index (χ3n) is 2.79. The maximum absolute atomic E-state index is 5.61. The fourth-order valence-corrected chi connectivity index (χ4v) is 1.90. The quantitative estimate of drug-likeness (QED) is 0.681. The van der Waals surface area contributed by atoms with E-state index in [0.717, 1.165) is 0 Å². The van der Waals surface area contributed by atoms with Crippen LogP contribution in [0, 0.1) is 0 Å². The molecule has 1 aromatic rings. The first-order valence-electron chi connectivity index (χ1n) is 5.40. The molecule has 0 aliphatic heterocycles. The van der Waals surface area contributed by atoms with Gasteiger partial charge in [0.05, 0.1) is 11.9 Å². The second kappa shape index (κ2) is 4.33. The molecule has 5 heteroatoms. The minimum Gasteiger partial charge on any atom is -0.394 e. The number of hydrogen-bond donors (Lipinski definition) is 3. The SMILES string of the molecule is Nc1cnc(NC2CCCCC2)nc1N.